The van der Waals surface area contributed by atoms with Crippen molar-refractivity contribution in [2.75, 3.05) is 26.7 Å². The Kier molecular flexibility index (Phi) is 3.76. The van der Waals surface area contributed by atoms with Crippen LogP contribution in [0.15, 0.2) is 24.3 Å². The highest BCUT2D eigenvalue weighted by Gasteiger charge is 2.37. The molecule has 1 atom stereocenters. The summed E-state index contributed by atoms with van der Waals surface area (Å²) in [6, 6.07) is 8.88. The summed E-state index contributed by atoms with van der Waals surface area (Å²) in [6.45, 7) is 4.71. The van der Waals surface area contributed by atoms with Gasteiger partial charge >= 0.3 is 0 Å². The highest BCUT2D eigenvalue weighted by molar-refractivity contribution is 5.81. The number of carbonyl (C=O) groups is 1. The molecule has 2 aliphatic rings. The van der Waals surface area contributed by atoms with Crippen molar-refractivity contribution in [1.29, 1.82) is 0 Å². The standard InChI is InChI=1S/C16H23N3O/c1-12-3-5-13(6-4-12)16-17-11-15(20)19(16)14-7-9-18(2)10-8-14/h3-6,14,16-17H,7-11H2,1-2H3. The summed E-state index contributed by atoms with van der Waals surface area (Å²) in [5.74, 6) is 0.241. The highest BCUT2D eigenvalue weighted by atomic mass is 16.2. The fourth-order valence-electron chi connectivity index (χ4n) is 3.23. The highest BCUT2D eigenvalue weighted by Crippen LogP contribution is 2.29. The summed E-state index contributed by atoms with van der Waals surface area (Å²) < 4.78 is 0. The SMILES string of the molecule is Cc1ccc(C2NCC(=O)N2C2CCN(C)CC2)cc1. The molecular weight excluding hydrogens is 250 g/mol. The molecule has 0 bridgehead atoms. The Hall–Kier alpha value is -1.39. The van der Waals surface area contributed by atoms with E-state index in [0.717, 1.165) is 25.9 Å². The third-order valence-corrected chi connectivity index (χ3v) is 4.49. The minimum absolute atomic E-state index is 0.0523. The summed E-state index contributed by atoms with van der Waals surface area (Å²) in [7, 11) is 2.15. The van der Waals surface area contributed by atoms with Gasteiger partial charge in [0.05, 0.1) is 6.54 Å². The van der Waals surface area contributed by atoms with Gasteiger partial charge in [-0.05, 0) is 45.5 Å². The van der Waals surface area contributed by atoms with Crippen LogP contribution in [0, 0.1) is 6.92 Å². The van der Waals surface area contributed by atoms with Crippen molar-refractivity contribution in [3.8, 4) is 0 Å². The van der Waals surface area contributed by atoms with E-state index in [4.69, 9.17) is 0 Å². The monoisotopic (exact) mass is 273 g/mol. The number of benzene rings is 1. The summed E-state index contributed by atoms with van der Waals surface area (Å²) in [5, 5.41) is 3.36. The number of amides is 1. The number of hydrogen-bond acceptors (Lipinski definition) is 3. The zero-order chi connectivity index (χ0) is 14.1. The molecule has 1 aromatic rings. The first kappa shape index (κ1) is 13.6. The van der Waals surface area contributed by atoms with Gasteiger partial charge in [0.25, 0.3) is 0 Å². The second-order valence-electron chi connectivity index (χ2n) is 6.03. The number of nitrogens with one attached hydrogen (secondary N) is 1. The Balaban J connectivity index is 1.79. The molecule has 1 aromatic carbocycles. The first-order valence-electron chi connectivity index (χ1n) is 7.45. The van der Waals surface area contributed by atoms with E-state index in [1.165, 1.54) is 11.1 Å². The zero-order valence-corrected chi connectivity index (χ0v) is 12.3. The van der Waals surface area contributed by atoms with Gasteiger partial charge < -0.3 is 9.80 Å². The molecule has 0 aliphatic carbocycles. The molecular formula is C16H23N3O. The smallest absolute Gasteiger partial charge is 0.238 e. The zero-order valence-electron chi connectivity index (χ0n) is 12.3. The van der Waals surface area contributed by atoms with E-state index in [9.17, 15) is 4.79 Å². The van der Waals surface area contributed by atoms with Crippen molar-refractivity contribution in [2.24, 2.45) is 0 Å². The fraction of sp³-hybridized carbons (Fsp3) is 0.562. The molecule has 2 saturated heterocycles. The lowest BCUT2D eigenvalue weighted by Crippen LogP contribution is -2.46. The van der Waals surface area contributed by atoms with Crippen LogP contribution in [0.2, 0.25) is 0 Å². The van der Waals surface area contributed by atoms with E-state index in [1.807, 2.05) is 0 Å². The van der Waals surface area contributed by atoms with Crippen molar-refractivity contribution in [3.63, 3.8) is 0 Å². The number of carbonyl (C=O) groups excluding carboxylic acids is 1. The lowest BCUT2D eigenvalue weighted by Gasteiger charge is -2.38. The van der Waals surface area contributed by atoms with Crippen LogP contribution in [0.4, 0.5) is 0 Å². The second-order valence-corrected chi connectivity index (χ2v) is 6.03. The molecule has 20 heavy (non-hydrogen) atoms. The van der Waals surface area contributed by atoms with Gasteiger partial charge in [-0.1, -0.05) is 29.8 Å². The number of hydrogen-bond donors (Lipinski definition) is 1. The lowest BCUT2D eigenvalue weighted by molar-refractivity contribution is -0.131. The molecule has 1 unspecified atom stereocenters. The van der Waals surface area contributed by atoms with Crippen LogP contribution in [0.3, 0.4) is 0 Å². The first-order valence-corrected chi connectivity index (χ1v) is 7.45. The van der Waals surface area contributed by atoms with Crippen molar-refractivity contribution < 1.29 is 4.79 Å². The Morgan fingerprint density at radius 1 is 1.15 bits per heavy atom. The third kappa shape index (κ3) is 2.58. The Bertz CT molecular complexity index is 477. The number of rotatable bonds is 2. The quantitative estimate of drug-likeness (QED) is 0.887. The van der Waals surface area contributed by atoms with E-state index < -0.39 is 0 Å². The number of likely N-dealkylation sites (tertiary alicyclic amines) is 1. The van der Waals surface area contributed by atoms with Crippen LogP contribution in [-0.4, -0.2) is 48.4 Å². The maximum absolute atomic E-state index is 12.3. The maximum Gasteiger partial charge on any atom is 0.238 e. The molecule has 4 heteroatoms. The average molecular weight is 273 g/mol. The van der Waals surface area contributed by atoms with Crippen LogP contribution >= 0.6 is 0 Å². The van der Waals surface area contributed by atoms with Crippen molar-refractivity contribution in [3.05, 3.63) is 35.4 Å². The van der Waals surface area contributed by atoms with E-state index in [-0.39, 0.29) is 12.1 Å². The maximum atomic E-state index is 12.3. The Labute approximate surface area is 120 Å². The molecule has 4 nitrogen and oxygen atoms in total. The Morgan fingerprint density at radius 3 is 2.45 bits per heavy atom. The van der Waals surface area contributed by atoms with E-state index in [0.29, 0.717) is 12.6 Å². The van der Waals surface area contributed by atoms with Gasteiger partial charge in [0.1, 0.15) is 6.17 Å². The normalized spacial score (nSPS) is 25.4. The molecule has 0 spiro atoms. The first-order chi connectivity index (χ1) is 9.65. The molecule has 2 fully saturated rings. The van der Waals surface area contributed by atoms with Crippen LogP contribution < -0.4 is 5.32 Å². The predicted octanol–water partition coefficient (Wildman–Crippen LogP) is 1.52. The molecule has 0 radical (unpaired) electrons. The fourth-order valence-corrected chi connectivity index (χ4v) is 3.23. The largest absolute Gasteiger partial charge is 0.319 e. The number of aryl methyl sites for hydroxylation is 1. The second kappa shape index (κ2) is 5.54. The van der Waals surface area contributed by atoms with Gasteiger partial charge in [-0.25, -0.2) is 0 Å². The summed E-state index contributed by atoms with van der Waals surface area (Å²) in [5.41, 5.74) is 2.45. The van der Waals surface area contributed by atoms with Crippen molar-refractivity contribution in [2.45, 2.75) is 32.0 Å². The molecule has 3 rings (SSSR count). The minimum Gasteiger partial charge on any atom is -0.319 e. The predicted molar refractivity (Wildman–Crippen MR) is 79.3 cm³/mol. The van der Waals surface area contributed by atoms with E-state index >= 15 is 0 Å². The summed E-state index contributed by atoms with van der Waals surface area (Å²) in [4.78, 5) is 16.7. The van der Waals surface area contributed by atoms with Crippen LogP contribution in [0.25, 0.3) is 0 Å². The average Bonchev–Trinajstić information content (AvgIpc) is 2.83. The molecule has 2 heterocycles. The molecule has 1 amide bonds. The van der Waals surface area contributed by atoms with Crippen LogP contribution in [0.5, 0.6) is 0 Å². The van der Waals surface area contributed by atoms with Gasteiger partial charge in [-0.2, -0.15) is 0 Å². The van der Waals surface area contributed by atoms with Gasteiger partial charge in [-0.15, -0.1) is 0 Å². The topological polar surface area (TPSA) is 35.6 Å². The van der Waals surface area contributed by atoms with E-state index in [1.54, 1.807) is 0 Å². The molecule has 2 aliphatic heterocycles. The van der Waals surface area contributed by atoms with Crippen LogP contribution in [0.1, 0.15) is 30.1 Å². The van der Waals surface area contributed by atoms with Gasteiger partial charge in [0.15, 0.2) is 0 Å². The van der Waals surface area contributed by atoms with Gasteiger partial charge in [-0.3, -0.25) is 10.1 Å². The van der Waals surface area contributed by atoms with Crippen molar-refractivity contribution >= 4 is 5.91 Å². The number of nitrogens with zero attached hydrogens (tertiary/aromatic N) is 2. The van der Waals surface area contributed by atoms with Crippen molar-refractivity contribution in [1.82, 2.24) is 15.1 Å². The van der Waals surface area contributed by atoms with Gasteiger partial charge in [0.2, 0.25) is 5.91 Å². The third-order valence-electron chi connectivity index (χ3n) is 4.49. The van der Waals surface area contributed by atoms with E-state index in [2.05, 4.69) is 53.4 Å². The summed E-state index contributed by atoms with van der Waals surface area (Å²) >= 11 is 0. The lowest BCUT2D eigenvalue weighted by atomic mass is 10.0. The minimum atomic E-state index is 0.0523. The molecule has 0 aromatic heterocycles. The molecule has 108 valence electrons. The molecule has 1 N–H and O–H groups in total. The Morgan fingerprint density at radius 2 is 1.80 bits per heavy atom. The number of piperidine rings is 1. The molecule has 0 saturated carbocycles. The van der Waals surface area contributed by atoms with Gasteiger partial charge in [0, 0.05) is 6.04 Å². The summed E-state index contributed by atoms with van der Waals surface area (Å²) in [6.07, 6.45) is 2.20. The van der Waals surface area contributed by atoms with Crippen LogP contribution in [-0.2, 0) is 4.79 Å².